The highest BCUT2D eigenvalue weighted by Gasteiger charge is 2.25. The number of carbonyl (C=O) groups is 1. The van der Waals surface area contributed by atoms with Crippen LogP contribution >= 0.6 is 59.6 Å². The molecule has 0 aliphatic heterocycles. The number of fused-ring (bicyclic) bond motifs is 1. The number of carbonyl (C=O) groups excluding carboxylic acids is 1. The molecule has 0 aliphatic carbocycles. The van der Waals surface area contributed by atoms with Crippen molar-refractivity contribution < 1.29 is 4.79 Å². The van der Waals surface area contributed by atoms with Gasteiger partial charge >= 0.3 is 0 Å². The maximum Gasteiger partial charge on any atom is 0.169 e. The summed E-state index contributed by atoms with van der Waals surface area (Å²) in [4.78, 5) is 17.7. The van der Waals surface area contributed by atoms with Crippen LogP contribution in [0.25, 0.3) is 10.9 Å². The Bertz CT molecular complexity index is 1150. The number of thiocarbonyl (C=S) groups is 2. The first kappa shape index (κ1) is 27.0. The van der Waals surface area contributed by atoms with Crippen LogP contribution in [0.5, 0.6) is 0 Å². The predicted molar refractivity (Wildman–Crippen MR) is 158 cm³/mol. The van der Waals surface area contributed by atoms with Gasteiger partial charge in [-0.25, -0.2) is 0 Å². The van der Waals surface area contributed by atoms with E-state index in [2.05, 4.69) is 10.6 Å². The molecule has 34 heavy (non-hydrogen) atoms. The van der Waals surface area contributed by atoms with Crippen molar-refractivity contribution in [1.82, 2.24) is 14.4 Å². The van der Waals surface area contributed by atoms with Crippen LogP contribution in [-0.4, -0.2) is 68.5 Å². The Kier molecular flexibility index (Phi) is 9.85. The third-order valence-electron chi connectivity index (χ3n) is 5.24. The highest BCUT2D eigenvalue weighted by atomic mass is 35.5. The van der Waals surface area contributed by atoms with Gasteiger partial charge in [0.2, 0.25) is 0 Å². The summed E-state index contributed by atoms with van der Waals surface area (Å²) in [6, 6.07) is 15.9. The van der Waals surface area contributed by atoms with Crippen LogP contribution in [0.3, 0.4) is 0 Å². The summed E-state index contributed by atoms with van der Waals surface area (Å²) in [6.45, 7) is 0.661. The SMILES string of the molecule is CN(C)C(=S)SCC(CSC(=S)N(C)C)C(=O)c1cn(Cc2ccc(Cl)cc2)c2ccccc12. The predicted octanol–water partition coefficient (Wildman–Crippen LogP) is 6.30. The van der Waals surface area contributed by atoms with Crippen molar-refractivity contribution >= 4 is 84.9 Å². The molecule has 0 radical (unpaired) electrons. The summed E-state index contributed by atoms with van der Waals surface area (Å²) in [5.41, 5.74) is 2.90. The number of para-hydroxylation sites is 1. The third kappa shape index (κ3) is 6.98. The van der Waals surface area contributed by atoms with E-state index >= 15 is 0 Å². The van der Waals surface area contributed by atoms with Crippen molar-refractivity contribution in [3.05, 3.63) is 70.9 Å². The first-order valence-electron chi connectivity index (χ1n) is 10.7. The third-order valence-corrected chi connectivity index (χ3v) is 9.29. The number of hydrogen-bond donors (Lipinski definition) is 0. The highest BCUT2D eigenvalue weighted by Crippen LogP contribution is 2.28. The number of ketones is 1. The second kappa shape index (κ2) is 12.4. The van der Waals surface area contributed by atoms with Crippen molar-refractivity contribution in [3.63, 3.8) is 0 Å². The number of rotatable bonds is 8. The van der Waals surface area contributed by atoms with Gasteiger partial charge in [-0.1, -0.05) is 89.9 Å². The highest BCUT2D eigenvalue weighted by molar-refractivity contribution is 8.23. The number of nitrogens with zero attached hydrogens (tertiary/aromatic N) is 3. The van der Waals surface area contributed by atoms with Gasteiger partial charge in [0.25, 0.3) is 0 Å². The van der Waals surface area contributed by atoms with E-state index in [1.807, 2.05) is 86.7 Å². The zero-order valence-electron chi connectivity index (χ0n) is 19.7. The molecule has 0 fully saturated rings. The summed E-state index contributed by atoms with van der Waals surface area (Å²) < 4.78 is 3.67. The van der Waals surface area contributed by atoms with Gasteiger partial charge in [-0.05, 0) is 23.8 Å². The van der Waals surface area contributed by atoms with Crippen molar-refractivity contribution in [1.29, 1.82) is 0 Å². The molecular weight excluding hydrogens is 522 g/mol. The number of aromatic nitrogens is 1. The number of benzene rings is 2. The minimum atomic E-state index is -0.222. The zero-order valence-corrected chi connectivity index (χ0v) is 23.7. The van der Waals surface area contributed by atoms with Crippen LogP contribution < -0.4 is 0 Å². The number of Topliss-reactive ketones (excluding diaryl/α,β-unsaturated/α-hetero) is 1. The molecule has 0 spiro atoms. The van der Waals surface area contributed by atoms with Gasteiger partial charge in [0.05, 0.1) is 0 Å². The standard InChI is InChI=1S/C25H28ClN3OS4/c1-27(2)24(31)33-15-18(16-34-25(32)28(3)4)23(30)21-14-29(22-8-6-5-7-20(21)22)13-17-9-11-19(26)12-10-17/h5-12,14,18H,13,15-16H2,1-4H3. The molecule has 1 heterocycles. The second-order valence-corrected chi connectivity index (χ2v) is 12.1. The Hall–Kier alpha value is -1.58. The summed E-state index contributed by atoms with van der Waals surface area (Å²) in [7, 11) is 7.69. The molecule has 2 aromatic carbocycles. The van der Waals surface area contributed by atoms with E-state index in [0.717, 1.165) is 30.7 Å². The summed E-state index contributed by atoms with van der Waals surface area (Å²) >= 11 is 20.1. The Morgan fingerprint density at radius 1 is 0.941 bits per heavy atom. The molecule has 0 atom stereocenters. The minimum Gasteiger partial charge on any atom is -0.364 e. The quantitative estimate of drug-likeness (QED) is 0.240. The van der Waals surface area contributed by atoms with E-state index in [1.165, 1.54) is 23.5 Å². The number of thioether (sulfide) groups is 2. The molecule has 0 bridgehead atoms. The van der Waals surface area contributed by atoms with Gasteiger partial charge in [0.1, 0.15) is 8.64 Å². The lowest BCUT2D eigenvalue weighted by molar-refractivity contribution is 0.0946. The van der Waals surface area contributed by atoms with Gasteiger partial charge in [-0.2, -0.15) is 0 Å². The van der Waals surface area contributed by atoms with E-state index in [0.29, 0.717) is 23.1 Å². The maximum absolute atomic E-state index is 13.9. The molecule has 9 heteroatoms. The lowest BCUT2D eigenvalue weighted by Gasteiger charge is -2.19. The average Bonchev–Trinajstić information content (AvgIpc) is 3.18. The van der Waals surface area contributed by atoms with Crippen LogP contribution in [0.4, 0.5) is 0 Å². The van der Waals surface area contributed by atoms with Crippen molar-refractivity contribution in [2.45, 2.75) is 6.54 Å². The Labute approximate surface area is 226 Å². The Balaban J connectivity index is 1.91. The van der Waals surface area contributed by atoms with E-state index in [-0.39, 0.29) is 11.7 Å². The molecule has 1 aromatic heterocycles. The van der Waals surface area contributed by atoms with Crippen LogP contribution in [0, 0.1) is 5.92 Å². The average molecular weight is 550 g/mol. The topological polar surface area (TPSA) is 28.5 Å². The van der Waals surface area contributed by atoms with Crippen molar-refractivity contribution in [3.8, 4) is 0 Å². The number of hydrogen-bond acceptors (Lipinski definition) is 5. The first-order valence-corrected chi connectivity index (χ1v) is 13.9. The van der Waals surface area contributed by atoms with E-state index in [4.69, 9.17) is 36.0 Å². The second-order valence-electron chi connectivity index (χ2n) is 8.32. The van der Waals surface area contributed by atoms with Gasteiger partial charge in [0.15, 0.2) is 5.78 Å². The van der Waals surface area contributed by atoms with Crippen molar-refractivity contribution in [2.75, 3.05) is 39.7 Å². The molecule has 180 valence electrons. The van der Waals surface area contributed by atoms with Gasteiger partial charge in [-0.15, -0.1) is 0 Å². The van der Waals surface area contributed by atoms with Gasteiger partial charge in [-0.3, -0.25) is 4.79 Å². The van der Waals surface area contributed by atoms with Crippen LogP contribution in [-0.2, 0) is 6.54 Å². The summed E-state index contributed by atoms with van der Waals surface area (Å²) in [5.74, 6) is 1.11. The molecule has 4 nitrogen and oxygen atoms in total. The van der Waals surface area contributed by atoms with Crippen LogP contribution in [0.1, 0.15) is 15.9 Å². The Morgan fingerprint density at radius 2 is 1.50 bits per heavy atom. The fraction of sp³-hybridized carbons (Fsp3) is 0.320. The molecule has 3 aromatic rings. The smallest absolute Gasteiger partial charge is 0.169 e. The molecular formula is C25H28ClN3OS4. The van der Waals surface area contributed by atoms with Crippen molar-refractivity contribution in [2.24, 2.45) is 5.92 Å². The largest absolute Gasteiger partial charge is 0.364 e. The molecule has 0 aliphatic rings. The minimum absolute atomic E-state index is 0.120. The normalized spacial score (nSPS) is 11.1. The molecule has 0 saturated carbocycles. The summed E-state index contributed by atoms with van der Waals surface area (Å²) in [5, 5.41) is 1.67. The maximum atomic E-state index is 13.9. The monoisotopic (exact) mass is 549 g/mol. The fourth-order valence-corrected chi connectivity index (χ4v) is 5.81. The summed E-state index contributed by atoms with van der Waals surface area (Å²) in [6.07, 6.45) is 1.98. The van der Waals surface area contributed by atoms with E-state index in [1.54, 1.807) is 0 Å². The van der Waals surface area contributed by atoms with E-state index in [9.17, 15) is 4.79 Å². The lowest BCUT2D eigenvalue weighted by Crippen LogP contribution is -2.25. The molecule has 0 amide bonds. The van der Waals surface area contributed by atoms with Gasteiger partial charge < -0.3 is 14.4 Å². The molecule has 3 rings (SSSR count). The van der Waals surface area contributed by atoms with Crippen LogP contribution in [0.2, 0.25) is 5.02 Å². The lowest BCUT2D eigenvalue weighted by atomic mass is 10.0. The first-order chi connectivity index (χ1) is 16.2. The van der Waals surface area contributed by atoms with E-state index < -0.39 is 0 Å². The fourth-order valence-electron chi connectivity index (χ4n) is 3.38. The Morgan fingerprint density at radius 3 is 2.06 bits per heavy atom. The zero-order chi connectivity index (χ0) is 24.8. The molecule has 0 N–H and O–H groups in total. The number of halogens is 1. The van der Waals surface area contributed by atoms with Crippen LogP contribution in [0.15, 0.2) is 54.7 Å². The molecule has 0 saturated heterocycles. The van der Waals surface area contributed by atoms with Gasteiger partial charge in [0, 0.05) is 79.8 Å². The molecule has 0 unspecified atom stereocenters.